The van der Waals surface area contributed by atoms with Gasteiger partial charge in [0.2, 0.25) is 5.91 Å². The quantitative estimate of drug-likeness (QED) is 0.670. The lowest BCUT2D eigenvalue weighted by molar-refractivity contribution is 0.0949. The summed E-state index contributed by atoms with van der Waals surface area (Å²) in [7, 11) is 0. The summed E-state index contributed by atoms with van der Waals surface area (Å²) in [5.74, 6) is -0.717. The molecule has 6 nitrogen and oxygen atoms in total. The molecule has 0 spiro atoms. The Bertz CT molecular complexity index is 1040. The first kappa shape index (κ1) is 19.6. The van der Waals surface area contributed by atoms with Crippen molar-refractivity contribution < 1.29 is 9.59 Å². The SMILES string of the molecule is Cc1nn(Cc2ccccc2Cl)c(C)c1C(=O)NCc1cccc(C(N)=O)c1. The van der Waals surface area contributed by atoms with Gasteiger partial charge < -0.3 is 11.1 Å². The fourth-order valence-corrected chi connectivity index (χ4v) is 3.27. The number of carbonyl (C=O) groups excluding carboxylic acids is 2. The van der Waals surface area contributed by atoms with E-state index in [4.69, 9.17) is 17.3 Å². The van der Waals surface area contributed by atoms with Crippen LogP contribution in [0.5, 0.6) is 0 Å². The Morgan fingerprint density at radius 1 is 1.14 bits per heavy atom. The number of aromatic nitrogens is 2. The lowest BCUT2D eigenvalue weighted by Crippen LogP contribution is -2.24. The van der Waals surface area contributed by atoms with Crippen LogP contribution in [0.3, 0.4) is 0 Å². The molecule has 0 saturated carbocycles. The predicted molar refractivity (Wildman–Crippen MR) is 108 cm³/mol. The molecule has 28 heavy (non-hydrogen) atoms. The van der Waals surface area contributed by atoms with E-state index < -0.39 is 5.91 Å². The van der Waals surface area contributed by atoms with Crippen LogP contribution in [0.15, 0.2) is 48.5 Å². The number of aryl methyl sites for hydroxylation is 1. The Morgan fingerprint density at radius 2 is 1.89 bits per heavy atom. The molecule has 1 aromatic heterocycles. The maximum Gasteiger partial charge on any atom is 0.255 e. The maximum absolute atomic E-state index is 12.7. The van der Waals surface area contributed by atoms with Crippen LogP contribution in [0.4, 0.5) is 0 Å². The Kier molecular flexibility index (Phi) is 5.80. The Morgan fingerprint density at radius 3 is 2.61 bits per heavy atom. The van der Waals surface area contributed by atoms with E-state index in [1.165, 1.54) is 0 Å². The minimum Gasteiger partial charge on any atom is -0.366 e. The first-order chi connectivity index (χ1) is 13.4. The zero-order chi connectivity index (χ0) is 20.3. The molecule has 0 radical (unpaired) electrons. The number of rotatable bonds is 6. The molecule has 1 heterocycles. The molecule has 3 N–H and O–H groups in total. The van der Waals surface area contributed by atoms with Gasteiger partial charge in [0.1, 0.15) is 0 Å². The number of nitrogens with one attached hydrogen (secondary N) is 1. The topological polar surface area (TPSA) is 90.0 Å². The van der Waals surface area contributed by atoms with Gasteiger partial charge in [0.15, 0.2) is 0 Å². The van der Waals surface area contributed by atoms with Crippen LogP contribution in [0.25, 0.3) is 0 Å². The van der Waals surface area contributed by atoms with E-state index >= 15 is 0 Å². The van der Waals surface area contributed by atoms with Crippen molar-refractivity contribution in [3.8, 4) is 0 Å². The molecule has 0 aliphatic carbocycles. The molecule has 0 bridgehead atoms. The third kappa shape index (κ3) is 4.23. The number of halogens is 1. The van der Waals surface area contributed by atoms with E-state index in [0.29, 0.717) is 28.4 Å². The van der Waals surface area contributed by atoms with Gasteiger partial charge in [-0.05, 0) is 43.2 Å². The van der Waals surface area contributed by atoms with Gasteiger partial charge in [-0.25, -0.2) is 0 Å². The van der Waals surface area contributed by atoms with Gasteiger partial charge in [-0.2, -0.15) is 5.10 Å². The number of nitrogens with two attached hydrogens (primary N) is 1. The number of hydrogen-bond donors (Lipinski definition) is 2. The molecule has 3 aromatic rings. The highest BCUT2D eigenvalue weighted by atomic mass is 35.5. The maximum atomic E-state index is 12.7. The first-order valence-corrected chi connectivity index (χ1v) is 9.19. The Balaban J connectivity index is 1.75. The van der Waals surface area contributed by atoms with Crippen LogP contribution in [0.1, 0.15) is 43.2 Å². The summed E-state index contributed by atoms with van der Waals surface area (Å²) in [6.07, 6.45) is 0. The number of nitrogens with zero attached hydrogens (tertiary/aromatic N) is 2. The zero-order valence-electron chi connectivity index (χ0n) is 15.7. The minimum atomic E-state index is -0.499. The molecule has 144 valence electrons. The zero-order valence-corrected chi connectivity index (χ0v) is 16.5. The summed E-state index contributed by atoms with van der Waals surface area (Å²) in [4.78, 5) is 24.0. The fraction of sp³-hybridized carbons (Fsp3) is 0.190. The smallest absolute Gasteiger partial charge is 0.255 e. The third-order valence-corrected chi connectivity index (χ3v) is 4.92. The monoisotopic (exact) mass is 396 g/mol. The van der Waals surface area contributed by atoms with Crippen LogP contribution < -0.4 is 11.1 Å². The molecule has 0 unspecified atom stereocenters. The lowest BCUT2D eigenvalue weighted by Gasteiger charge is -2.08. The number of carbonyl (C=O) groups is 2. The van der Waals surface area contributed by atoms with Crippen molar-refractivity contribution in [3.63, 3.8) is 0 Å². The summed E-state index contributed by atoms with van der Waals surface area (Å²) in [6.45, 7) is 4.44. The van der Waals surface area contributed by atoms with E-state index in [2.05, 4.69) is 10.4 Å². The standard InChI is InChI=1S/C21H21ClN4O2/c1-13-19(14(2)26(25-13)12-17-7-3-4-9-18(17)22)21(28)24-11-15-6-5-8-16(10-15)20(23)27/h3-10H,11-12H2,1-2H3,(H2,23,27)(H,24,28). The minimum absolute atomic E-state index is 0.218. The van der Waals surface area contributed by atoms with Gasteiger partial charge in [-0.1, -0.05) is 41.9 Å². The number of benzene rings is 2. The van der Waals surface area contributed by atoms with Crippen LogP contribution in [-0.4, -0.2) is 21.6 Å². The van der Waals surface area contributed by atoms with E-state index in [0.717, 1.165) is 16.8 Å². The molecule has 2 aromatic carbocycles. The van der Waals surface area contributed by atoms with Crippen LogP contribution in [0.2, 0.25) is 5.02 Å². The van der Waals surface area contributed by atoms with E-state index in [9.17, 15) is 9.59 Å². The van der Waals surface area contributed by atoms with Gasteiger partial charge in [-0.3, -0.25) is 14.3 Å². The van der Waals surface area contributed by atoms with Crippen molar-refractivity contribution >= 4 is 23.4 Å². The number of amides is 2. The van der Waals surface area contributed by atoms with Crippen molar-refractivity contribution in [2.45, 2.75) is 26.9 Å². The van der Waals surface area contributed by atoms with Gasteiger partial charge in [0, 0.05) is 22.8 Å². The van der Waals surface area contributed by atoms with Crippen molar-refractivity contribution in [1.82, 2.24) is 15.1 Å². The van der Waals surface area contributed by atoms with Gasteiger partial charge >= 0.3 is 0 Å². The molecular formula is C21H21ClN4O2. The second-order valence-electron chi connectivity index (χ2n) is 6.54. The normalized spacial score (nSPS) is 10.7. The van der Waals surface area contributed by atoms with Crippen molar-refractivity contribution in [3.05, 3.63) is 87.2 Å². The molecule has 0 aliphatic rings. The summed E-state index contributed by atoms with van der Waals surface area (Å²) in [5, 5.41) is 8.04. The van der Waals surface area contributed by atoms with E-state index in [1.54, 1.807) is 29.8 Å². The molecule has 0 fully saturated rings. The van der Waals surface area contributed by atoms with E-state index in [-0.39, 0.29) is 12.5 Å². The predicted octanol–water partition coefficient (Wildman–Crippen LogP) is 3.23. The highest BCUT2D eigenvalue weighted by molar-refractivity contribution is 6.31. The first-order valence-electron chi connectivity index (χ1n) is 8.81. The van der Waals surface area contributed by atoms with Crippen molar-refractivity contribution in [2.75, 3.05) is 0 Å². The Labute approximate surface area is 168 Å². The summed E-state index contributed by atoms with van der Waals surface area (Å²) < 4.78 is 1.78. The van der Waals surface area contributed by atoms with Crippen LogP contribution >= 0.6 is 11.6 Å². The Hall–Kier alpha value is -3.12. The number of hydrogen-bond acceptors (Lipinski definition) is 3. The molecule has 0 aliphatic heterocycles. The molecule has 7 heteroatoms. The second kappa shape index (κ2) is 8.27. The van der Waals surface area contributed by atoms with E-state index in [1.807, 2.05) is 37.3 Å². The van der Waals surface area contributed by atoms with Gasteiger partial charge in [0.05, 0.1) is 17.8 Å². The van der Waals surface area contributed by atoms with Crippen molar-refractivity contribution in [1.29, 1.82) is 0 Å². The number of primary amides is 1. The molecular weight excluding hydrogens is 376 g/mol. The van der Waals surface area contributed by atoms with Crippen molar-refractivity contribution in [2.24, 2.45) is 5.73 Å². The van der Waals surface area contributed by atoms with Gasteiger partial charge in [-0.15, -0.1) is 0 Å². The largest absolute Gasteiger partial charge is 0.366 e. The summed E-state index contributed by atoms with van der Waals surface area (Å²) in [5.41, 5.74) is 9.39. The van der Waals surface area contributed by atoms with Gasteiger partial charge in [0.25, 0.3) is 5.91 Å². The third-order valence-electron chi connectivity index (χ3n) is 4.55. The average Bonchev–Trinajstić information content (AvgIpc) is 2.95. The molecule has 2 amide bonds. The average molecular weight is 397 g/mol. The van der Waals surface area contributed by atoms with Crippen LogP contribution in [0, 0.1) is 13.8 Å². The highest BCUT2D eigenvalue weighted by Crippen LogP contribution is 2.19. The molecule has 0 saturated heterocycles. The lowest BCUT2D eigenvalue weighted by atomic mass is 10.1. The second-order valence-corrected chi connectivity index (χ2v) is 6.95. The summed E-state index contributed by atoms with van der Waals surface area (Å²) >= 11 is 6.23. The molecule has 3 rings (SSSR count). The fourth-order valence-electron chi connectivity index (χ4n) is 3.07. The van der Waals surface area contributed by atoms with Crippen LogP contribution in [-0.2, 0) is 13.1 Å². The highest BCUT2D eigenvalue weighted by Gasteiger charge is 2.19. The summed E-state index contributed by atoms with van der Waals surface area (Å²) in [6, 6.07) is 14.4. The molecule has 0 atom stereocenters.